The zero-order chi connectivity index (χ0) is 18.5. The van der Waals surface area contributed by atoms with E-state index in [1.807, 2.05) is 54.6 Å². The Hall–Kier alpha value is -3.73. The van der Waals surface area contributed by atoms with Crippen LogP contribution in [0.1, 0.15) is 27.4 Å². The summed E-state index contributed by atoms with van der Waals surface area (Å²) < 4.78 is 1.41. The van der Waals surface area contributed by atoms with E-state index >= 15 is 0 Å². The second kappa shape index (κ2) is 5.64. The van der Waals surface area contributed by atoms with Gasteiger partial charge in [-0.15, -0.1) is 0 Å². The number of benzene rings is 3. The van der Waals surface area contributed by atoms with Gasteiger partial charge in [-0.2, -0.15) is 9.78 Å². The van der Waals surface area contributed by atoms with Gasteiger partial charge < -0.3 is 5.73 Å². The van der Waals surface area contributed by atoms with Gasteiger partial charge in [0.05, 0.1) is 17.6 Å². The lowest BCUT2D eigenvalue weighted by Crippen LogP contribution is -2.21. The summed E-state index contributed by atoms with van der Waals surface area (Å²) in [6, 6.07) is 20.6. The molecular formula is C22H15N3O2. The van der Waals surface area contributed by atoms with Crippen LogP contribution in [0.15, 0.2) is 72.9 Å². The molecule has 4 aromatic rings. The standard InChI is InChI=1S/C22H15N3O2/c23-21(26)20-15-8-3-2-7-14(15)19-16(20)9-5-10-17(19)22(27)25-18-11-4-1-6-13(18)12-24-25/h1-12,20H,(H2,23,26). The van der Waals surface area contributed by atoms with Gasteiger partial charge in [0.15, 0.2) is 0 Å². The molecule has 1 aromatic heterocycles. The molecule has 1 unspecified atom stereocenters. The highest BCUT2D eigenvalue weighted by Gasteiger charge is 2.35. The van der Waals surface area contributed by atoms with Crippen molar-refractivity contribution in [3.63, 3.8) is 0 Å². The highest BCUT2D eigenvalue weighted by atomic mass is 16.2. The fourth-order valence-corrected chi connectivity index (χ4v) is 3.99. The third kappa shape index (κ3) is 2.15. The molecule has 0 spiro atoms. The smallest absolute Gasteiger partial charge is 0.279 e. The Morgan fingerprint density at radius 2 is 1.63 bits per heavy atom. The lowest BCUT2D eigenvalue weighted by molar-refractivity contribution is -0.118. The van der Waals surface area contributed by atoms with Crippen molar-refractivity contribution in [2.24, 2.45) is 5.73 Å². The average molecular weight is 353 g/mol. The van der Waals surface area contributed by atoms with Crippen LogP contribution >= 0.6 is 0 Å². The van der Waals surface area contributed by atoms with E-state index in [1.165, 1.54) is 4.68 Å². The van der Waals surface area contributed by atoms with Crippen LogP contribution in [0.5, 0.6) is 0 Å². The lowest BCUT2D eigenvalue weighted by Gasteiger charge is -2.11. The maximum absolute atomic E-state index is 13.4. The van der Waals surface area contributed by atoms with Gasteiger partial charge in [0.1, 0.15) is 0 Å². The summed E-state index contributed by atoms with van der Waals surface area (Å²) in [5.41, 5.74) is 10.2. The number of nitrogens with two attached hydrogens (primary N) is 1. The number of nitrogens with zero attached hydrogens (tertiary/aromatic N) is 2. The normalized spacial score (nSPS) is 14.7. The zero-order valence-electron chi connectivity index (χ0n) is 14.3. The number of hydrogen-bond donors (Lipinski definition) is 1. The summed E-state index contributed by atoms with van der Waals surface area (Å²) in [7, 11) is 0. The van der Waals surface area contributed by atoms with Crippen LogP contribution in [0, 0.1) is 0 Å². The lowest BCUT2D eigenvalue weighted by atomic mass is 9.95. The van der Waals surface area contributed by atoms with Crippen molar-refractivity contribution < 1.29 is 9.59 Å². The molecule has 0 fully saturated rings. The van der Waals surface area contributed by atoms with E-state index < -0.39 is 11.8 Å². The number of amides is 1. The van der Waals surface area contributed by atoms with Crippen LogP contribution in [-0.4, -0.2) is 21.6 Å². The molecule has 1 heterocycles. The van der Waals surface area contributed by atoms with Crippen molar-refractivity contribution in [2.75, 3.05) is 0 Å². The largest absolute Gasteiger partial charge is 0.369 e. The number of fused-ring (bicyclic) bond motifs is 4. The predicted molar refractivity (Wildman–Crippen MR) is 102 cm³/mol. The second-order valence-corrected chi connectivity index (χ2v) is 6.61. The van der Waals surface area contributed by atoms with E-state index in [4.69, 9.17) is 5.73 Å². The van der Waals surface area contributed by atoms with Crippen molar-refractivity contribution in [2.45, 2.75) is 5.92 Å². The third-order valence-electron chi connectivity index (χ3n) is 5.13. The van der Waals surface area contributed by atoms with Crippen molar-refractivity contribution >= 4 is 22.7 Å². The van der Waals surface area contributed by atoms with E-state index in [-0.39, 0.29) is 5.91 Å². The first-order valence-electron chi connectivity index (χ1n) is 8.66. The van der Waals surface area contributed by atoms with Crippen molar-refractivity contribution in [3.8, 4) is 11.1 Å². The van der Waals surface area contributed by atoms with E-state index in [0.29, 0.717) is 5.56 Å². The molecule has 130 valence electrons. The number of carbonyl (C=O) groups excluding carboxylic acids is 2. The zero-order valence-corrected chi connectivity index (χ0v) is 14.3. The predicted octanol–water partition coefficient (Wildman–Crippen LogP) is 3.32. The molecular weight excluding hydrogens is 338 g/mol. The topological polar surface area (TPSA) is 78.0 Å². The van der Waals surface area contributed by atoms with Crippen molar-refractivity contribution in [1.29, 1.82) is 0 Å². The molecule has 1 atom stereocenters. The summed E-state index contributed by atoms with van der Waals surface area (Å²) in [4.78, 5) is 25.5. The Bertz CT molecular complexity index is 1240. The van der Waals surface area contributed by atoms with Gasteiger partial charge in [-0.1, -0.05) is 54.6 Å². The Kier molecular flexibility index (Phi) is 3.24. The number of rotatable bonds is 2. The van der Waals surface area contributed by atoms with Crippen LogP contribution in [0.25, 0.3) is 22.0 Å². The molecule has 3 aromatic carbocycles. The van der Waals surface area contributed by atoms with E-state index in [9.17, 15) is 9.59 Å². The first-order valence-corrected chi connectivity index (χ1v) is 8.66. The molecule has 0 saturated carbocycles. The molecule has 1 aliphatic carbocycles. The van der Waals surface area contributed by atoms with Gasteiger partial charge in [0.25, 0.3) is 5.91 Å². The number of aromatic nitrogens is 2. The van der Waals surface area contributed by atoms with Crippen LogP contribution in [0.3, 0.4) is 0 Å². The van der Waals surface area contributed by atoms with Gasteiger partial charge >= 0.3 is 0 Å². The van der Waals surface area contributed by atoms with Crippen molar-refractivity contribution in [3.05, 3.63) is 89.6 Å². The fourth-order valence-electron chi connectivity index (χ4n) is 3.99. The molecule has 1 aliphatic rings. The summed E-state index contributed by atoms with van der Waals surface area (Å²) in [5.74, 6) is -1.19. The van der Waals surface area contributed by atoms with Crippen molar-refractivity contribution in [1.82, 2.24) is 9.78 Å². The number of hydrogen-bond acceptors (Lipinski definition) is 3. The number of primary amides is 1. The quantitative estimate of drug-likeness (QED) is 0.600. The molecule has 0 saturated heterocycles. The molecule has 0 aliphatic heterocycles. The summed E-state index contributed by atoms with van der Waals surface area (Å²) in [6.07, 6.45) is 1.68. The SMILES string of the molecule is NC(=O)C1c2ccccc2-c2c(C(=O)n3ncc4ccccc43)cccc21. The van der Waals surface area contributed by atoms with Gasteiger partial charge in [-0.05, 0) is 34.4 Å². The number of para-hydroxylation sites is 1. The molecule has 27 heavy (non-hydrogen) atoms. The molecule has 0 radical (unpaired) electrons. The Morgan fingerprint density at radius 3 is 2.48 bits per heavy atom. The van der Waals surface area contributed by atoms with Crippen LogP contribution in [0.4, 0.5) is 0 Å². The number of carbonyl (C=O) groups is 2. The minimum Gasteiger partial charge on any atom is -0.369 e. The maximum atomic E-state index is 13.4. The molecule has 0 bridgehead atoms. The minimum absolute atomic E-state index is 0.229. The first kappa shape index (κ1) is 15.5. The van der Waals surface area contributed by atoms with Gasteiger partial charge in [-0.25, -0.2) is 0 Å². The molecule has 2 N–H and O–H groups in total. The van der Waals surface area contributed by atoms with Gasteiger partial charge in [0.2, 0.25) is 5.91 Å². The Balaban J connectivity index is 1.75. The fraction of sp³-hybridized carbons (Fsp3) is 0.0455. The van der Waals surface area contributed by atoms with Gasteiger partial charge in [-0.3, -0.25) is 9.59 Å². The maximum Gasteiger partial charge on any atom is 0.279 e. The molecule has 5 rings (SSSR count). The van der Waals surface area contributed by atoms with E-state index in [1.54, 1.807) is 18.3 Å². The summed E-state index contributed by atoms with van der Waals surface area (Å²) in [5, 5.41) is 5.18. The highest BCUT2D eigenvalue weighted by molar-refractivity contribution is 6.09. The summed E-state index contributed by atoms with van der Waals surface area (Å²) >= 11 is 0. The molecule has 5 heteroatoms. The average Bonchev–Trinajstić information content (AvgIpc) is 3.26. The molecule has 5 nitrogen and oxygen atoms in total. The second-order valence-electron chi connectivity index (χ2n) is 6.61. The highest BCUT2D eigenvalue weighted by Crippen LogP contribution is 2.46. The Morgan fingerprint density at radius 1 is 0.889 bits per heavy atom. The van der Waals surface area contributed by atoms with Crippen LogP contribution in [-0.2, 0) is 4.79 Å². The first-order chi connectivity index (χ1) is 13.2. The molecule has 1 amide bonds. The Labute approximate surface area is 155 Å². The third-order valence-corrected chi connectivity index (χ3v) is 5.13. The summed E-state index contributed by atoms with van der Waals surface area (Å²) in [6.45, 7) is 0. The van der Waals surface area contributed by atoms with E-state index in [2.05, 4.69) is 5.10 Å². The van der Waals surface area contributed by atoms with Crippen LogP contribution < -0.4 is 5.73 Å². The van der Waals surface area contributed by atoms with Gasteiger partial charge in [0, 0.05) is 10.9 Å². The minimum atomic E-state index is -0.543. The monoisotopic (exact) mass is 353 g/mol. The van der Waals surface area contributed by atoms with E-state index in [0.717, 1.165) is 33.2 Å². The van der Waals surface area contributed by atoms with Crippen LogP contribution in [0.2, 0.25) is 0 Å².